The molecule has 32 heavy (non-hydrogen) atoms. The van der Waals surface area contributed by atoms with Crippen molar-refractivity contribution in [2.24, 2.45) is 0 Å². The number of aromatic nitrogens is 2. The van der Waals surface area contributed by atoms with Gasteiger partial charge in [-0.1, -0.05) is 36.5 Å². The fourth-order valence-corrected chi connectivity index (χ4v) is 4.34. The van der Waals surface area contributed by atoms with Gasteiger partial charge in [-0.05, 0) is 42.8 Å². The highest BCUT2D eigenvalue weighted by Gasteiger charge is 2.34. The van der Waals surface area contributed by atoms with Crippen LogP contribution in [0.5, 0.6) is 11.5 Å². The Bertz CT molecular complexity index is 1070. The van der Waals surface area contributed by atoms with Gasteiger partial charge in [-0.25, -0.2) is 0 Å². The van der Waals surface area contributed by atoms with E-state index >= 15 is 0 Å². The first kappa shape index (κ1) is 21.8. The molecule has 1 fully saturated rings. The van der Waals surface area contributed by atoms with E-state index in [1.165, 1.54) is 11.3 Å². The van der Waals surface area contributed by atoms with Crippen molar-refractivity contribution in [2.45, 2.75) is 31.8 Å². The van der Waals surface area contributed by atoms with Crippen molar-refractivity contribution in [2.75, 3.05) is 23.9 Å². The second-order valence-electron chi connectivity index (χ2n) is 7.37. The minimum atomic E-state index is -0.636. The predicted molar refractivity (Wildman–Crippen MR) is 122 cm³/mol. The zero-order chi connectivity index (χ0) is 22.5. The maximum absolute atomic E-state index is 12.7. The van der Waals surface area contributed by atoms with Crippen molar-refractivity contribution in [3.8, 4) is 11.5 Å². The van der Waals surface area contributed by atoms with Crippen LogP contribution in [0.25, 0.3) is 0 Å². The van der Waals surface area contributed by atoms with Crippen LogP contribution in [0, 0.1) is 0 Å². The van der Waals surface area contributed by atoms with Crippen LogP contribution >= 0.6 is 11.3 Å². The summed E-state index contributed by atoms with van der Waals surface area (Å²) in [6, 6.07) is 16.6. The zero-order valence-electron chi connectivity index (χ0n) is 17.9. The standard InChI is InChI=1S/C23H24N4O4S/c1-3-19(31-18-7-5-4-6-8-18)21(29)24-23-26-25-22(32-23)15-13-20(28)27(14-15)16-9-11-17(30-2)12-10-16/h4-12,15,19H,3,13-14H2,1-2H3,(H,24,26,29). The summed E-state index contributed by atoms with van der Waals surface area (Å²) in [6.07, 6.45) is 0.229. The van der Waals surface area contributed by atoms with E-state index in [4.69, 9.17) is 9.47 Å². The molecule has 0 aliphatic carbocycles. The molecule has 0 saturated carbocycles. The second-order valence-corrected chi connectivity index (χ2v) is 8.38. The van der Waals surface area contributed by atoms with Crippen molar-refractivity contribution in [3.05, 3.63) is 59.6 Å². The smallest absolute Gasteiger partial charge is 0.267 e. The molecule has 2 atom stereocenters. The molecule has 8 nitrogen and oxygen atoms in total. The third-order valence-corrected chi connectivity index (χ3v) is 6.22. The van der Waals surface area contributed by atoms with Crippen LogP contribution in [0.4, 0.5) is 10.8 Å². The normalized spacial score (nSPS) is 16.6. The van der Waals surface area contributed by atoms with E-state index in [0.29, 0.717) is 30.3 Å². The van der Waals surface area contributed by atoms with E-state index in [1.807, 2.05) is 61.5 Å². The van der Waals surface area contributed by atoms with Crippen molar-refractivity contribution < 1.29 is 19.1 Å². The zero-order valence-corrected chi connectivity index (χ0v) is 18.7. The number of hydrogen-bond acceptors (Lipinski definition) is 7. The van der Waals surface area contributed by atoms with Gasteiger partial charge in [-0.3, -0.25) is 14.9 Å². The molecule has 2 unspecified atom stereocenters. The van der Waals surface area contributed by atoms with E-state index in [1.54, 1.807) is 12.0 Å². The molecule has 1 saturated heterocycles. The lowest BCUT2D eigenvalue weighted by molar-refractivity contribution is -0.122. The molecule has 2 amide bonds. The Balaban J connectivity index is 1.38. The summed E-state index contributed by atoms with van der Waals surface area (Å²) in [7, 11) is 1.61. The van der Waals surface area contributed by atoms with Gasteiger partial charge in [0.05, 0.1) is 7.11 Å². The molecule has 0 spiro atoms. The number of anilines is 2. The highest BCUT2D eigenvalue weighted by Crippen LogP contribution is 2.34. The van der Waals surface area contributed by atoms with Crippen LogP contribution in [0.2, 0.25) is 0 Å². The lowest BCUT2D eigenvalue weighted by Gasteiger charge is -2.16. The summed E-state index contributed by atoms with van der Waals surface area (Å²) in [5.41, 5.74) is 0.820. The highest BCUT2D eigenvalue weighted by atomic mass is 32.1. The van der Waals surface area contributed by atoms with Gasteiger partial charge in [0.15, 0.2) is 6.10 Å². The quantitative estimate of drug-likeness (QED) is 0.558. The molecule has 0 bridgehead atoms. The Morgan fingerprint density at radius 3 is 2.59 bits per heavy atom. The van der Waals surface area contributed by atoms with Gasteiger partial charge < -0.3 is 14.4 Å². The molecule has 9 heteroatoms. The number of carbonyl (C=O) groups excluding carboxylic acids is 2. The van der Waals surface area contributed by atoms with Crippen LogP contribution in [0.3, 0.4) is 0 Å². The molecule has 3 aromatic rings. The number of methoxy groups -OCH3 is 1. The molecule has 1 N–H and O–H groups in total. The average Bonchev–Trinajstić information content (AvgIpc) is 3.44. The lowest BCUT2D eigenvalue weighted by atomic mass is 10.1. The van der Waals surface area contributed by atoms with E-state index in [2.05, 4.69) is 15.5 Å². The molecule has 0 radical (unpaired) electrons. The SMILES string of the molecule is CCC(Oc1ccccc1)C(=O)Nc1nnc(C2CC(=O)N(c3ccc(OC)cc3)C2)s1. The van der Waals surface area contributed by atoms with Gasteiger partial charge in [0, 0.05) is 24.6 Å². The van der Waals surface area contributed by atoms with Crippen LogP contribution in [-0.2, 0) is 9.59 Å². The molecule has 2 heterocycles. The number of benzene rings is 2. The number of nitrogens with one attached hydrogen (secondary N) is 1. The van der Waals surface area contributed by atoms with Crippen LogP contribution in [0.15, 0.2) is 54.6 Å². The second kappa shape index (κ2) is 9.78. The first-order valence-electron chi connectivity index (χ1n) is 10.4. The number of rotatable bonds is 8. The lowest BCUT2D eigenvalue weighted by Crippen LogP contribution is -2.32. The minimum absolute atomic E-state index is 0.0308. The van der Waals surface area contributed by atoms with Crippen molar-refractivity contribution in [1.82, 2.24) is 10.2 Å². The highest BCUT2D eigenvalue weighted by molar-refractivity contribution is 7.15. The van der Waals surface area contributed by atoms with Crippen LogP contribution in [-0.4, -0.2) is 41.8 Å². The minimum Gasteiger partial charge on any atom is -0.497 e. The van der Waals surface area contributed by atoms with Gasteiger partial charge in [-0.2, -0.15) is 0 Å². The van der Waals surface area contributed by atoms with Crippen molar-refractivity contribution >= 4 is 34.0 Å². The van der Waals surface area contributed by atoms with Crippen molar-refractivity contribution in [1.29, 1.82) is 0 Å². The first-order valence-corrected chi connectivity index (χ1v) is 11.2. The Labute approximate surface area is 190 Å². The van der Waals surface area contributed by atoms with Crippen molar-refractivity contribution in [3.63, 3.8) is 0 Å². The van der Waals surface area contributed by atoms with Gasteiger partial charge in [0.2, 0.25) is 11.0 Å². The molecule has 1 aliphatic rings. The Morgan fingerprint density at radius 1 is 1.16 bits per heavy atom. The fourth-order valence-electron chi connectivity index (χ4n) is 3.51. The molecular weight excluding hydrogens is 428 g/mol. The van der Waals surface area contributed by atoms with E-state index in [-0.39, 0.29) is 17.7 Å². The summed E-state index contributed by atoms with van der Waals surface area (Å²) < 4.78 is 11.0. The van der Waals surface area contributed by atoms with Gasteiger partial charge >= 0.3 is 0 Å². The Hall–Kier alpha value is -3.46. The number of ether oxygens (including phenoxy) is 2. The number of hydrogen-bond donors (Lipinski definition) is 1. The largest absolute Gasteiger partial charge is 0.497 e. The maximum Gasteiger partial charge on any atom is 0.267 e. The molecule has 1 aromatic heterocycles. The summed E-state index contributed by atoms with van der Waals surface area (Å²) in [6.45, 7) is 2.40. The van der Waals surface area contributed by atoms with Gasteiger partial charge in [0.1, 0.15) is 16.5 Å². The first-order chi connectivity index (χ1) is 15.6. The third-order valence-electron chi connectivity index (χ3n) is 5.21. The van der Waals surface area contributed by atoms with E-state index in [0.717, 1.165) is 16.4 Å². The molecule has 4 rings (SSSR count). The summed E-state index contributed by atoms with van der Waals surface area (Å²) in [4.78, 5) is 27.0. The average molecular weight is 453 g/mol. The maximum atomic E-state index is 12.7. The predicted octanol–water partition coefficient (Wildman–Crippen LogP) is 3.86. The molecule has 2 aromatic carbocycles. The van der Waals surface area contributed by atoms with E-state index in [9.17, 15) is 9.59 Å². The third kappa shape index (κ3) is 4.88. The topological polar surface area (TPSA) is 93.7 Å². The Morgan fingerprint density at radius 2 is 1.91 bits per heavy atom. The Kier molecular flexibility index (Phi) is 6.65. The number of carbonyl (C=O) groups is 2. The summed E-state index contributed by atoms with van der Waals surface area (Å²) in [5, 5.41) is 12.2. The summed E-state index contributed by atoms with van der Waals surface area (Å²) >= 11 is 1.29. The molecule has 166 valence electrons. The van der Waals surface area contributed by atoms with Crippen LogP contribution in [0.1, 0.15) is 30.7 Å². The monoisotopic (exact) mass is 452 g/mol. The van der Waals surface area contributed by atoms with Gasteiger partial charge in [0.25, 0.3) is 5.91 Å². The van der Waals surface area contributed by atoms with Crippen LogP contribution < -0.4 is 19.7 Å². The van der Waals surface area contributed by atoms with E-state index < -0.39 is 6.10 Å². The molecular formula is C23H24N4O4S. The number of nitrogens with zero attached hydrogens (tertiary/aromatic N) is 3. The van der Waals surface area contributed by atoms with Gasteiger partial charge in [-0.15, -0.1) is 10.2 Å². The number of amides is 2. The molecule has 1 aliphatic heterocycles. The fraction of sp³-hybridized carbons (Fsp3) is 0.304. The number of para-hydroxylation sites is 1. The summed E-state index contributed by atoms with van der Waals surface area (Å²) in [5.74, 6) is 1.05.